The summed E-state index contributed by atoms with van der Waals surface area (Å²) in [4.78, 5) is 15.8. The van der Waals surface area contributed by atoms with Gasteiger partial charge in [-0.2, -0.15) is 0 Å². The fraction of sp³-hybridized carbons (Fsp3) is 0.909. The third-order valence-electron chi connectivity index (χ3n) is 3.41. The van der Waals surface area contributed by atoms with Gasteiger partial charge in [-0.15, -0.1) is 0 Å². The van der Waals surface area contributed by atoms with E-state index in [0.717, 1.165) is 0 Å². The summed E-state index contributed by atoms with van der Waals surface area (Å²) in [7, 11) is 0. The predicted molar refractivity (Wildman–Crippen MR) is 59.1 cm³/mol. The molecule has 92 valence electrons. The van der Waals surface area contributed by atoms with Crippen molar-refractivity contribution >= 4 is 6.03 Å². The van der Waals surface area contributed by atoms with Crippen molar-refractivity contribution in [3.05, 3.63) is 0 Å². The summed E-state index contributed by atoms with van der Waals surface area (Å²) in [5.41, 5.74) is 0. The second-order valence-corrected chi connectivity index (χ2v) is 4.66. The molecule has 0 spiro atoms. The number of piperidine rings is 1. The van der Waals surface area contributed by atoms with Gasteiger partial charge in [0.2, 0.25) is 0 Å². The summed E-state index contributed by atoms with van der Waals surface area (Å²) in [6, 6.07) is 0.0991. The maximum absolute atomic E-state index is 12.1. The van der Waals surface area contributed by atoms with Crippen molar-refractivity contribution in [1.29, 1.82) is 0 Å². The Balaban J connectivity index is 1.89. The zero-order valence-corrected chi connectivity index (χ0v) is 9.76. The average molecular weight is 228 g/mol. The Bertz CT molecular complexity index is 254. The molecule has 2 heterocycles. The molecule has 2 unspecified atom stereocenters. The Labute approximate surface area is 96.0 Å². The molecule has 16 heavy (non-hydrogen) atoms. The molecule has 2 fully saturated rings. The van der Waals surface area contributed by atoms with E-state index in [1.165, 1.54) is 0 Å². The van der Waals surface area contributed by atoms with E-state index in [-0.39, 0.29) is 18.1 Å². The molecule has 0 aromatic rings. The molecule has 5 heteroatoms. The molecular weight excluding hydrogens is 208 g/mol. The van der Waals surface area contributed by atoms with E-state index in [1.807, 2.05) is 16.7 Å². The number of ether oxygens (including phenoxy) is 1. The van der Waals surface area contributed by atoms with Gasteiger partial charge in [-0.3, -0.25) is 0 Å². The number of hydrogen-bond acceptors (Lipinski definition) is 3. The number of amides is 2. The van der Waals surface area contributed by atoms with E-state index < -0.39 is 0 Å². The summed E-state index contributed by atoms with van der Waals surface area (Å²) in [5, 5.41) is 9.62. The SMILES string of the molecule is CC1CN(C(=O)N2CCOCC2)CCC1O. The number of rotatable bonds is 0. The first-order valence-electron chi connectivity index (χ1n) is 5.98. The zero-order valence-electron chi connectivity index (χ0n) is 9.76. The van der Waals surface area contributed by atoms with Crippen molar-refractivity contribution in [2.45, 2.75) is 19.4 Å². The van der Waals surface area contributed by atoms with Crippen LogP contribution in [0.5, 0.6) is 0 Å². The predicted octanol–water partition coefficient (Wildman–Crippen LogP) is 0.141. The van der Waals surface area contributed by atoms with Gasteiger partial charge in [0, 0.05) is 26.2 Å². The molecule has 0 aromatic carbocycles. The highest BCUT2D eigenvalue weighted by Crippen LogP contribution is 2.18. The van der Waals surface area contributed by atoms with Crippen LogP contribution < -0.4 is 0 Å². The second-order valence-electron chi connectivity index (χ2n) is 4.66. The summed E-state index contributed by atoms with van der Waals surface area (Å²) >= 11 is 0. The van der Waals surface area contributed by atoms with Crippen LogP contribution in [0.2, 0.25) is 0 Å². The number of morpholine rings is 1. The van der Waals surface area contributed by atoms with Gasteiger partial charge in [0.25, 0.3) is 0 Å². The molecule has 0 aromatic heterocycles. The number of aliphatic hydroxyl groups excluding tert-OH is 1. The van der Waals surface area contributed by atoms with Crippen molar-refractivity contribution in [3.8, 4) is 0 Å². The highest BCUT2D eigenvalue weighted by molar-refractivity contribution is 5.74. The molecule has 2 atom stereocenters. The minimum Gasteiger partial charge on any atom is -0.393 e. The smallest absolute Gasteiger partial charge is 0.320 e. The van der Waals surface area contributed by atoms with E-state index in [9.17, 15) is 9.90 Å². The summed E-state index contributed by atoms with van der Waals surface area (Å²) in [6.45, 7) is 5.97. The Kier molecular flexibility index (Phi) is 3.66. The van der Waals surface area contributed by atoms with Gasteiger partial charge in [0.15, 0.2) is 0 Å². The van der Waals surface area contributed by atoms with Crippen LogP contribution in [-0.2, 0) is 4.74 Å². The lowest BCUT2D eigenvalue weighted by molar-refractivity contribution is 0.0191. The first-order valence-corrected chi connectivity index (χ1v) is 5.98. The lowest BCUT2D eigenvalue weighted by Crippen LogP contribution is -2.52. The Morgan fingerprint density at radius 1 is 1.25 bits per heavy atom. The molecule has 2 aliphatic heterocycles. The van der Waals surface area contributed by atoms with E-state index in [0.29, 0.717) is 45.8 Å². The number of aliphatic hydroxyl groups is 1. The molecule has 2 aliphatic rings. The van der Waals surface area contributed by atoms with Crippen molar-refractivity contribution < 1.29 is 14.6 Å². The molecule has 0 saturated carbocycles. The molecule has 0 aliphatic carbocycles. The van der Waals surface area contributed by atoms with Gasteiger partial charge in [-0.05, 0) is 12.3 Å². The minimum absolute atomic E-state index is 0.0991. The van der Waals surface area contributed by atoms with Crippen LogP contribution in [0, 0.1) is 5.92 Å². The topological polar surface area (TPSA) is 53.0 Å². The molecule has 2 rings (SSSR count). The number of likely N-dealkylation sites (tertiary alicyclic amines) is 1. The van der Waals surface area contributed by atoms with Crippen molar-refractivity contribution in [3.63, 3.8) is 0 Å². The largest absolute Gasteiger partial charge is 0.393 e. The third kappa shape index (κ3) is 2.47. The van der Waals surface area contributed by atoms with Gasteiger partial charge < -0.3 is 19.6 Å². The molecule has 2 amide bonds. The fourth-order valence-corrected chi connectivity index (χ4v) is 2.26. The Morgan fingerprint density at radius 3 is 2.56 bits per heavy atom. The maximum atomic E-state index is 12.1. The van der Waals surface area contributed by atoms with Crippen LogP contribution in [-0.4, -0.2) is 66.4 Å². The molecule has 5 nitrogen and oxygen atoms in total. The molecular formula is C11H20N2O3. The normalized spacial score (nSPS) is 31.6. The first-order chi connectivity index (χ1) is 7.68. The number of carbonyl (C=O) groups is 1. The maximum Gasteiger partial charge on any atom is 0.320 e. The second kappa shape index (κ2) is 5.01. The van der Waals surface area contributed by atoms with Crippen LogP contribution in [0.15, 0.2) is 0 Å². The number of hydrogen-bond donors (Lipinski definition) is 1. The first kappa shape index (κ1) is 11.7. The van der Waals surface area contributed by atoms with Crippen LogP contribution in [0.4, 0.5) is 4.79 Å². The van der Waals surface area contributed by atoms with Crippen molar-refractivity contribution in [2.75, 3.05) is 39.4 Å². The van der Waals surface area contributed by atoms with Crippen LogP contribution in [0.25, 0.3) is 0 Å². The summed E-state index contributed by atoms with van der Waals surface area (Å²) in [6.07, 6.45) is 0.436. The molecule has 0 radical (unpaired) electrons. The number of urea groups is 1. The van der Waals surface area contributed by atoms with Gasteiger partial charge in [-0.25, -0.2) is 4.79 Å². The van der Waals surface area contributed by atoms with Gasteiger partial charge >= 0.3 is 6.03 Å². The Morgan fingerprint density at radius 2 is 1.94 bits per heavy atom. The quantitative estimate of drug-likeness (QED) is 0.641. The monoisotopic (exact) mass is 228 g/mol. The van der Waals surface area contributed by atoms with Crippen molar-refractivity contribution in [1.82, 2.24) is 9.80 Å². The standard InChI is InChI=1S/C11H20N2O3/c1-9-8-13(3-2-10(9)14)11(15)12-4-6-16-7-5-12/h9-10,14H,2-8H2,1H3. The molecule has 2 saturated heterocycles. The minimum atomic E-state index is -0.256. The van der Waals surface area contributed by atoms with Gasteiger partial charge in [0.1, 0.15) is 0 Å². The Hall–Kier alpha value is -0.810. The van der Waals surface area contributed by atoms with Gasteiger partial charge in [0.05, 0.1) is 19.3 Å². The van der Waals surface area contributed by atoms with Crippen LogP contribution >= 0.6 is 0 Å². The van der Waals surface area contributed by atoms with E-state index >= 15 is 0 Å². The highest BCUT2D eigenvalue weighted by atomic mass is 16.5. The molecule has 0 bridgehead atoms. The fourth-order valence-electron chi connectivity index (χ4n) is 2.26. The number of nitrogens with zero attached hydrogens (tertiary/aromatic N) is 2. The lowest BCUT2D eigenvalue weighted by atomic mass is 9.97. The van der Waals surface area contributed by atoms with E-state index in [4.69, 9.17) is 4.74 Å². The average Bonchev–Trinajstić information content (AvgIpc) is 2.33. The van der Waals surface area contributed by atoms with E-state index in [2.05, 4.69) is 0 Å². The zero-order chi connectivity index (χ0) is 11.5. The van der Waals surface area contributed by atoms with E-state index in [1.54, 1.807) is 0 Å². The third-order valence-corrected chi connectivity index (χ3v) is 3.41. The van der Waals surface area contributed by atoms with Gasteiger partial charge in [-0.1, -0.05) is 6.92 Å². The van der Waals surface area contributed by atoms with Crippen LogP contribution in [0.3, 0.4) is 0 Å². The molecule has 1 N–H and O–H groups in total. The van der Waals surface area contributed by atoms with Crippen molar-refractivity contribution in [2.24, 2.45) is 5.92 Å². The lowest BCUT2D eigenvalue weighted by Gasteiger charge is -2.38. The van der Waals surface area contributed by atoms with Crippen LogP contribution in [0.1, 0.15) is 13.3 Å². The summed E-state index contributed by atoms with van der Waals surface area (Å²) in [5.74, 6) is 0.179. The number of carbonyl (C=O) groups excluding carboxylic acids is 1. The highest BCUT2D eigenvalue weighted by Gasteiger charge is 2.30. The summed E-state index contributed by atoms with van der Waals surface area (Å²) < 4.78 is 5.22.